The molecule has 3 N–H and O–H groups in total. The maximum atomic E-state index is 10.6. The van der Waals surface area contributed by atoms with Crippen LogP contribution in [0, 0.1) is 0 Å². The van der Waals surface area contributed by atoms with Gasteiger partial charge in [0, 0.05) is 26.1 Å². The Balaban J connectivity index is 2.75. The number of carbonyl (C=O) groups is 1. The molecule has 0 saturated carbocycles. The first kappa shape index (κ1) is 9.44. The number of ether oxygens (including phenoxy) is 1. The van der Waals surface area contributed by atoms with Crippen molar-refractivity contribution < 1.29 is 24.9 Å². The first-order valence-corrected chi connectivity index (χ1v) is 3.79. The van der Waals surface area contributed by atoms with Crippen molar-refractivity contribution in [2.45, 2.75) is 24.5 Å². The largest absolute Gasteiger partial charge is 0.479 e. The second-order valence-electron chi connectivity index (χ2n) is 2.90. The van der Waals surface area contributed by atoms with E-state index >= 15 is 0 Å². The molecule has 0 aromatic heterocycles. The molecule has 0 spiro atoms. The van der Waals surface area contributed by atoms with E-state index in [4.69, 9.17) is 9.84 Å². The van der Waals surface area contributed by atoms with Crippen LogP contribution >= 0.6 is 0 Å². The second-order valence-corrected chi connectivity index (χ2v) is 2.90. The molecule has 2 unspecified atom stereocenters. The summed E-state index contributed by atoms with van der Waals surface area (Å²) < 4.78 is 4.93. The van der Waals surface area contributed by atoms with E-state index in [9.17, 15) is 15.0 Å². The van der Waals surface area contributed by atoms with Gasteiger partial charge in [-0.25, -0.2) is 4.79 Å². The Morgan fingerprint density at radius 1 is 1.50 bits per heavy atom. The van der Waals surface area contributed by atoms with E-state index in [1.54, 1.807) is 0 Å². The average Bonchev–Trinajstić information content (AvgIpc) is 2.16. The quantitative estimate of drug-likeness (QED) is 0.475. The van der Waals surface area contributed by atoms with Crippen LogP contribution in [0.2, 0.25) is 0 Å². The first-order chi connectivity index (χ1) is 5.57. The summed E-state index contributed by atoms with van der Waals surface area (Å²) >= 11 is 0. The molecule has 0 amide bonds. The fraction of sp³-hybridized carbons (Fsp3) is 0.857. The number of aliphatic hydroxyl groups excluding tert-OH is 1. The lowest BCUT2D eigenvalue weighted by molar-refractivity contribution is -0.172. The molecule has 1 rings (SSSR count). The molecule has 0 aromatic rings. The van der Waals surface area contributed by atoms with Crippen molar-refractivity contribution in [2.24, 2.45) is 0 Å². The Morgan fingerprint density at radius 2 is 2.17 bits per heavy atom. The van der Waals surface area contributed by atoms with Gasteiger partial charge >= 0.3 is 5.97 Å². The molecule has 5 nitrogen and oxygen atoms in total. The van der Waals surface area contributed by atoms with Crippen molar-refractivity contribution in [2.75, 3.05) is 13.2 Å². The molecule has 1 heterocycles. The van der Waals surface area contributed by atoms with Crippen molar-refractivity contribution in [3.63, 3.8) is 0 Å². The minimum absolute atomic E-state index is 0.0660. The molecule has 70 valence electrons. The van der Waals surface area contributed by atoms with Crippen molar-refractivity contribution >= 4 is 5.97 Å². The average molecular weight is 176 g/mol. The molecule has 1 fully saturated rings. The van der Waals surface area contributed by atoms with Gasteiger partial charge < -0.3 is 20.1 Å². The summed E-state index contributed by atoms with van der Waals surface area (Å²) in [7, 11) is 0. The summed E-state index contributed by atoms with van der Waals surface area (Å²) in [5.74, 6) is -1.39. The number of hydrogen-bond acceptors (Lipinski definition) is 4. The van der Waals surface area contributed by atoms with Crippen LogP contribution in [-0.2, 0) is 9.53 Å². The van der Waals surface area contributed by atoms with E-state index in [2.05, 4.69) is 0 Å². The summed E-state index contributed by atoms with van der Waals surface area (Å²) in [6.07, 6.45) is -1.15. The number of aliphatic hydroxyl groups is 2. The highest BCUT2D eigenvalue weighted by Gasteiger charge is 2.44. The van der Waals surface area contributed by atoms with Gasteiger partial charge in [0.1, 0.15) is 0 Å². The van der Waals surface area contributed by atoms with Crippen molar-refractivity contribution in [3.8, 4) is 0 Å². The molecular formula is C7H12O5. The SMILES string of the molecule is O=C(O)C1(O)CCOCCC1O. The number of carboxylic acids is 1. The number of hydrogen-bond donors (Lipinski definition) is 3. The topological polar surface area (TPSA) is 87.0 Å². The van der Waals surface area contributed by atoms with Crippen molar-refractivity contribution in [1.29, 1.82) is 0 Å². The highest BCUT2D eigenvalue weighted by Crippen LogP contribution is 2.21. The minimum Gasteiger partial charge on any atom is -0.479 e. The van der Waals surface area contributed by atoms with Crippen molar-refractivity contribution in [1.82, 2.24) is 0 Å². The van der Waals surface area contributed by atoms with E-state index in [-0.39, 0.29) is 26.1 Å². The Hall–Kier alpha value is -0.650. The van der Waals surface area contributed by atoms with Crippen molar-refractivity contribution in [3.05, 3.63) is 0 Å². The lowest BCUT2D eigenvalue weighted by atomic mass is 9.92. The normalized spacial score (nSPS) is 37.3. The summed E-state index contributed by atoms with van der Waals surface area (Å²) in [5.41, 5.74) is -2.03. The molecule has 0 aliphatic carbocycles. The van der Waals surface area contributed by atoms with Gasteiger partial charge in [-0.05, 0) is 0 Å². The molecule has 0 radical (unpaired) electrons. The van der Waals surface area contributed by atoms with Crippen LogP contribution in [0.3, 0.4) is 0 Å². The summed E-state index contributed by atoms with van der Waals surface area (Å²) in [6.45, 7) is 0.455. The summed E-state index contributed by atoms with van der Waals surface area (Å²) in [4.78, 5) is 10.6. The predicted molar refractivity (Wildman–Crippen MR) is 38.6 cm³/mol. The van der Waals surface area contributed by atoms with Gasteiger partial charge in [0.2, 0.25) is 0 Å². The third-order valence-corrected chi connectivity index (χ3v) is 2.08. The summed E-state index contributed by atoms with van der Waals surface area (Å²) in [5, 5.41) is 27.4. The molecule has 0 bridgehead atoms. The zero-order chi connectivity index (χ0) is 9.19. The molecule has 2 atom stereocenters. The zero-order valence-corrected chi connectivity index (χ0v) is 6.56. The fourth-order valence-electron chi connectivity index (χ4n) is 1.18. The van der Waals surface area contributed by atoms with E-state index in [0.29, 0.717) is 0 Å². The Morgan fingerprint density at radius 3 is 2.75 bits per heavy atom. The first-order valence-electron chi connectivity index (χ1n) is 3.79. The van der Waals surface area contributed by atoms with Crippen LogP contribution in [0.4, 0.5) is 0 Å². The van der Waals surface area contributed by atoms with Gasteiger partial charge in [-0.1, -0.05) is 0 Å². The Kier molecular flexibility index (Phi) is 2.66. The number of carboxylic acid groups (broad SMARTS) is 1. The maximum absolute atomic E-state index is 10.6. The third-order valence-electron chi connectivity index (χ3n) is 2.08. The summed E-state index contributed by atoms with van der Waals surface area (Å²) in [6, 6.07) is 0. The lowest BCUT2D eigenvalue weighted by Crippen LogP contribution is -2.49. The standard InChI is InChI=1S/C7H12O5/c8-5-1-3-12-4-2-7(5,11)6(9)10/h5,8,11H,1-4H2,(H,9,10). The van der Waals surface area contributed by atoms with E-state index < -0.39 is 17.7 Å². The van der Waals surface area contributed by atoms with Crippen LogP contribution in [0.1, 0.15) is 12.8 Å². The van der Waals surface area contributed by atoms with Gasteiger partial charge in [-0.15, -0.1) is 0 Å². The highest BCUT2D eigenvalue weighted by molar-refractivity contribution is 5.78. The molecule has 12 heavy (non-hydrogen) atoms. The van der Waals surface area contributed by atoms with Crippen LogP contribution < -0.4 is 0 Å². The van der Waals surface area contributed by atoms with Gasteiger partial charge in [0.05, 0.1) is 6.10 Å². The van der Waals surface area contributed by atoms with Crippen LogP contribution in [0.5, 0.6) is 0 Å². The van der Waals surface area contributed by atoms with Crippen LogP contribution in [0.25, 0.3) is 0 Å². The molecular weight excluding hydrogens is 164 g/mol. The molecule has 5 heteroatoms. The molecule has 0 aromatic carbocycles. The second kappa shape index (κ2) is 3.38. The number of rotatable bonds is 1. The van der Waals surface area contributed by atoms with Gasteiger partial charge in [0.15, 0.2) is 5.60 Å². The zero-order valence-electron chi connectivity index (χ0n) is 6.56. The highest BCUT2D eigenvalue weighted by atomic mass is 16.5. The monoisotopic (exact) mass is 176 g/mol. The maximum Gasteiger partial charge on any atom is 0.338 e. The van der Waals surface area contributed by atoms with Crippen LogP contribution in [0.15, 0.2) is 0 Å². The van der Waals surface area contributed by atoms with E-state index in [0.717, 1.165) is 0 Å². The third kappa shape index (κ3) is 1.57. The molecule has 1 saturated heterocycles. The van der Waals surface area contributed by atoms with Crippen LogP contribution in [-0.4, -0.2) is 46.2 Å². The van der Waals surface area contributed by atoms with E-state index in [1.165, 1.54) is 0 Å². The number of aliphatic carboxylic acids is 1. The molecule has 1 aliphatic heterocycles. The van der Waals surface area contributed by atoms with Gasteiger partial charge in [-0.3, -0.25) is 0 Å². The Bertz CT molecular complexity index is 181. The predicted octanol–water partition coefficient (Wildman–Crippen LogP) is -1.03. The van der Waals surface area contributed by atoms with Gasteiger partial charge in [0.25, 0.3) is 0 Å². The van der Waals surface area contributed by atoms with Gasteiger partial charge in [-0.2, -0.15) is 0 Å². The Labute approximate surface area is 69.6 Å². The van der Waals surface area contributed by atoms with E-state index in [1.807, 2.05) is 0 Å². The molecule has 1 aliphatic rings. The lowest BCUT2D eigenvalue weighted by Gasteiger charge is -2.25. The minimum atomic E-state index is -2.03. The smallest absolute Gasteiger partial charge is 0.338 e. The fourth-order valence-corrected chi connectivity index (χ4v) is 1.18.